The van der Waals surface area contributed by atoms with E-state index in [4.69, 9.17) is 23.2 Å². The van der Waals surface area contributed by atoms with Crippen LogP contribution in [-0.4, -0.2) is 77.5 Å². The van der Waals surface area contributed by atoms with Crippen LogP contribution in [0.15, 0.2) is 4.99 Å². The number of aliphatic imine (C=N–C) groups is 1. The molecule has 1 aliphatic heterocycles. The minimum absolute atomic E-state index is 0.165. The topological polar surface area (TPSA) is 132 Å². The van der Waals surface area contributed by atoms with Gasteiger partial charge in [0.25, 0.3) is 0 Å². The van der Waals surface area contributed by atoms with E-state index in [0.29, 0.717) is 38.3 Å². The first-order valence-corrected chi connectivity index (χ1v) is 13.5. The Bertz CT molecular complexity index is 853. The van der Waals surface area contributed by atoms with Gasteiger partial charge in [0, 0.05) is 41.8 Å². The molecule has 6 unspecified atom stereocenters. The lowest BCUT2D eigenvalue weighted by atomic mass is 9.77. The number of carboxylic acid groups (broad SMARTS) is 1. The summed E-state index contributed by atoms with van der Waals surface area (Å²) in [7, 11) is 0. The molecule has 210 valence electrons. The van der Waals surface area contributed by atoms with Crippen LogP contribution in [0, 0.1) is 17.8 Å². The van der Waals surface area contributed by atoms with Crippen LogP contribution in [0.5, 0.6) is 0 Å². The van der Waals surface area contributed by atoms with Gasteiger partial charge in [0.15, 0.2) is 5.96 Å². The van der Waals surface area contributed by atoms with Crippen LogP contribution in [0.25, 0.3) is 0 Å². The molecule has 0 saturated heterocycles. The van der Waals surface area contributed by atoms with E-state index in [2.05, 4.69) is 26.3 Å². The SMILES string of the molecule is O=C(O)CC(NC(=O)CNC(=O)C1CC(NC2=NCCCN2)CC(C(F)(F)F)C1)C1CC(Cl)CC(Cl)C1. The molecule has 3 rings (SSSR count). The number of carboxylic acids is 1. The van der Waals surface area contributed by atoms with E-state index in [1.54, 1.807) is 0 Å². The molecule has 0 spiro atoms. The Hall–Kier alpha value is -1.95. The molecule has 2 aliphatic carbocycles. The third-order valence-corrected chi connectivity index (χ3v) is 7.85. The molecule has 5 N–H and O–H groups in total. The highest BCUT2D eigenvalue weighted by atomic mass is 35.5. The average Bonchev–Trinajstić information content (AvgIpc) is 2.81. The van der Waals surface area contributed by atoms with Crippen LogP contribution in [0.3, 0.4) is 0 Å². The number of carbonyl (C=O) groups is 3. The molecule has 2 saturated carbocycles. The normalized spacial score (nSPS) is 31.3. The minimum atomic E-state index is -4.46. The predicted octanol–water partition coefficient (Wildman–Crippen LogP) is 2.36. The molecule has 0 radical (unpaired) electrons. The number of carbonyl (C=O) groups excluding carboxylic acids is 2. The van der Waals surface area contributed by atoms with Gasteiger partial charge in [-0.15, -0.1) is 23.2 Å². The van der Waals surface area contributed by atoms with Crippen molar-refractivity contribution in [3.8, 4) is 0 Å². The zero-order valence-corrected chi connectivity index (χ0v) is 21.8. The van der Waals surface area contributed by atoms with E-state index < -0.39 is 54.4 Å². The van der Waals surface area contributed by atoms with Gasteiger partial charge in [-0.1, -0.05) is 0 Å². The van der Waals surface area contributed by atoms with Gasteiger partial charge in [-0.25, -0.2) is 0 Å². The molecule has 14 heteroatoms. The Kier molecular flexibility index (Phi) is 10.6. The maximum Gasteiger partial charge on any atom is 0.391 e. The quantitative estimate of drug-likeness (QED) is 0.284. The first-order valence-electron chi connectivity index (χ1n) is 12.6. The summed E-state index contributed by atoms with van der Waals surface area (Å²) in [6.07, 6.45) is -2.76. The minimum Gasteiger partial charge on any atom is -0.481 e. The molecule has 3 aliphatic rings. The monoisotopic (exact) mass is 571 g/mol. The predicted molar refractivity (Wildman–Crippen MR) is 133 cm³/mol. The first kappa shape index (κ1) is 29.6. The Labute approximate surface area is 223 Å². The van der Waals surface area contributed by atoms with Crippen molar-refractivity contribution in [2.45, 2.75) is 80.4 Å². The molecule has 1 heterocycles. The van der Waals surface area contributed by atoms with Crippen molar-refractivity contribution in [1.29, 1.82) is 0 Å². The van der Waals surface area contributed by atoms with Gasteiger partial charge in [-0.2, -0.15) is 13.2 Å². The standard InChI is InChI=1S/C23H34Cl2F3N5O4/c24-15-5-12(6-16(25)9-15)18(10-20(35)36)33-19(34)11-31-21(37)13-4-14(23(26,27)28)8-17(7-13)32-22-29-2-1-3-30-22/h12-18H,1-11H2,(H,31,37)(H,33,34)(H,35,36)(H2,29,30,32). The Morgan fingerprint density at radius 1 is 1.08 bits per heavy atom. The van der Waals surface area contributed by atoms with E-state index in [9.17, 15) is 32.7 Å². The highest BCUT2D eigenvalue weighted by molar-refractivity contribution is 6.23. The summed E-state index contributed by atoms with van der Waals surface area (Å²) < 4.78 is 40.8. The molecule has 0 bridgehead atoms. The number of nitrogens with zero attached hydrogens (tertiary/aromatic N) is 1. The molecule has 0 aromatic rings. The van der Waals surface area contributed by atoms with Crippen LogP contribution in [0.4, 0.5) is 13.2 Å². The summed E-state index contributed by atoms with van der Waals surface area (Å²) >= 11 is 12.5. The Morgan fingerprint density at radius 3 is 2.38 bits per heavy atom. The summed E-state index contributed by atoms with van der Waals surface area (Å²) in [5.41, 5.74) is 0. The lowest BCUT2D eigenvalue weighted by molar-refractivity contribution is -0.188. The number of hydrogen-bond donors (Lipinski definition) is 5. The maximum absolute atomic E-state index is 13.6. The van der Waals surface area contributed by atoms with E-state index >= 15 is 0 Å². The lowest BCUT2D eigenvalue weighted by Crippen LogP contribution is -2.52. The van der Waals surface area contributed by atoms with Crippen molar-refractivity contribution in [3.63, 3.8) is 0 Å². The van der Waals surface area contributed by atoms with Crippen molar-refractivity contribution in [3.05, 3.63) is 0 Å². The number of amides is 2. The smallest absolute Gasteiger partial charge is 0.391 e. The van der Waals surface area contributed by atoms with Crippen LogP contribution in [0.1, 0.15) is 51.4 Å². The molecule has 37 heavy (non-hydrogen) atoms. The number of guanidine groups is 1. The number of hydrogen-bond acceptors (Lipinski definition) is 6. The highest BCUT2D eigenvalue weighted by Gasteiger charge is 2.46. The van der Waals surface area contributed by atoms with Crippen LogP contribution >= 0.6 is 23.2 Å². The van der Waals surface area contributed by atoms with Crippen molar-refractivity contribution < 1.29 is 32.7 Å². The second-order valence-corrected chi connectivity index (χ2v) is 11.4. The van der Waals surface area contributed by atoms with E-state index in [0.717, 1.165) is 6.42 Å². The summed E-state index contributed by atoms with van der Waals surface area (Å²) in [6, 6.07) is -1.33. The maximum atomic E-state index is 13.6. The van der Waals surface area contributed by atoms with Crippen LogP contribution in [0.2, 0.25) is 0 Å². The van der Waals surface area contributed by atoms with Crippen molar-refractivity contribution in [2.24, 2.45) is 22.7 Å². The zero-order valence-electron chi connectivity index (χ0n) is 20.3. The number of alkyl halides is 5. The molecular formula is C23H34Cl2F3N5O4. The molecule has 0 aromatic carbocycles. The molecule has 2 amide bonds. The van der Waals surface area contributed by atoms with Crippen LogP contribution < -0.4 is 21.3 Å². The van der Waals surface area contributed by atoms with Gasteiger partial charge in [-0.05, 0) is 50.9 Å². The third kappa shape index (κ3) is 9.38. The number of halogens is 5. The van der Waals surface area contributed by atoms with E-state index in [-0.39, 0.29) is 42.4 Å². The van der Waals surface area contributed by atoms with Crippen LogP contribution in [-0.2, 0) is 14.4 Å². The van der Waals surface area contributed by atoms with Gasteiger partial charge in [0.05, 0.1) is 18.9 Å². The first-order chi connectivity index (χ1) is 17.4. The lowest BCUT2D eigenvalue weighted by Gasteiger charge is -2.36. The van der Waals surface area contributed by atoms with E-state index in [1.807, 2.05) is 0 Å². The van der Waals surface area contributed by atoms with E-state index in [1.165, 1.54) is 0 Å². The summed E-state index contributed by atoms with van der Waals surface area (Å²) in [4.78, 5) is 41.0. The van der Waals surface area contributed by atoms with Gasteiger partial charge in [0.2, 0.25) is 11.8 Å². The summed E-state index contributed by atoms with van der Waals surface area (Å²) in [6.45, 7) is 0.765. The zero-order chi connectivity index (χ0) is 27.2. The largest absolute Gasteiger partial charge is 0.481 e. The molecule has 0 aromatic heterocycles. The number of rotatable bonds is 8. The second-order valence-electron chi connectivity index (χ2n) is 10.1. The summed E-state index contributed by atoms with van der Waals surface area (Å²) in [5.74, 6) is -4.80. The van der Waals surface area contributed by atoms with Crippen molar-refractivity contribution in [1.82, 2.24) is 21.3 Å². The van der Waals surface area contributed by atoms with Gasteiger partial charge in [0.1, 0.15) is 0 Å². The molecule has 2 fully saturated rings. The molecule has 6 atom stereocenters. The average molecular weight is 572 g/mol. The number of aliphatic carboxylic acids is 1. The third-order valence-electron chi connectivity index (χ3n) is 7.14. The Balaban J connectivity index is 1.57. The Morgan fingerprint density at radius 2 is 1.78 bits per heavy atom. The fraction of sp³-hybridized carbons (Fsp3) is 0.826. The highest BCUT2D eigenvalue weighted by Crippen LogP contribution is 2.40. The second kappa shape index (κ2) is 13.2. The molecule has 9 nitrogen and oxygen atoms in total. The van der Waals surface area contributed by atoms with Gasteiger partial charge in [-0.3, -0.25) is 19.4 Å². The van der Waals surface area contributed by atoms with Crippen molar-refractivity contribution >= 4 is 46.9 Å². The number of nitrogens with one attached hydrogen (secondary N) is 4. The summed E-state index contributed by atoms with van der Waals surface area (Å²) in [5, 5.41) is 19.9. The van der Waals surface area contributed by atoms with Crippen molar-refractivity contribution in [2.75, 3.05) is 19.6 Å². The fourth-order valence-corrected chi connectivity index (χ4v) is 6.36. The van der Waals surface area contributed by atoms with Gasteiger partial charge < -0.3 is 26.4 Å². The fourth-order valence-electron chi connectivity index (χ4n) is 5.39. The van der Waals surface area contributed by atoms with Gasteiger partial charge >= 0.3 is 12.1 Å². The molecular weight excluding hydrogens is 538 g/mol.